The van der Waals surface area contributed by atoms with E-state index in [9.17, 15) is 9.18 Å². The predicted molar refractivity (Wildman–Crippen MR) is 112 cm³/mol. The molecule has 7 heteroatoms. The van der Waals surface area contributed by atoms with E-state index in [1.54, 1.807) is 36.7 Å². The number of benzene rings is 2. The number of carbonyl (C=O) groups is 1. The Hall–Kier alpha value is -3.32. The number of nitrogens with one attached hydrogen (secondary N) is 1. The summed E-state index contributed by atoms with van der Waals surface area (Å²) in [6, 6.07) is 17.6. The van der Waals surface area contributed by atoms with Crippen LogP contribution in [0.25, 0.3) is 22.4 Å². The number of hydrogen-bond acceptors (Lipinski definition) is 4. The van der Waals surface area contributed by atoms with Crippen LogP contribution in [0, 0.1) is 5.82 Å². The van der Waals surface area contributed by atoms with Gasteiger partial charge in [0.05, 0.1) is 16.5 Å². The van der Waals surface area contributed by atoms with Crippen molar-refractivity contribution < 1.29 is 13.7 Å². The molecule has 0 aliphatic carbocycles. The Labute approximate surface area is 174 Å². The first kappa shape index (κ1) is 19.0. The number of anilines is 1. The van der Waals surface area contributed by atoms with Gasteiger partial charge in [-0.2, -0.15) is 0 Å². The zero-order valence-electron chi connectivity index (χ0n) is 15.1. The van der Waals surface area contributed by atoms with Crippen molar-refractivity contribution in [2.45, 2.75) is 6.42 Å². The van der Waals surface area contributed by atoms with Gasteiger partial charge < -0.3 is 4.52 Å². The number of hydrogen-bond donors (Lipinski definition) is 1. The number of rotatable bonds is 5. The summed E-state index contributed by atoms with van der Waals surface area (Å²) >= 11 is 3.20. The number of amides is 1. The van der Waals surface area contributed by atoms with Gasteiger partial charge in [-0.15, -0.1) is 0 Å². The predicted octanol–water partition coefficient (Wildman–Crippen LogP) is 5.49. The molecule has 2 heterocycles. The smallest absolute Gasteiger partial charge is 0.239 e. The lowest BCUT2D eigenvalue weighted by molar-refractivity contribution is -0.115. The van der Waals surface area contributed by atoms with Crippen LogP contribution in [0.4, 0.5) is 10.3 Å². The highest BCUT2D eigenvalue weighted by atomic mass is 79.9. The Bertz CT molecular complexity index is 1150. The fourth-order valence-corrected chi connectivity index (χ4v) is 3.33. The van der Waals surface area contributed by atoms with Crippen LogP contribution in [0.2, 0.25) is 0 Å². The average molecular weight is 452 g/mol. The monoisotopic (exact) mass is 451 g/mol. The molecule has 0 unspecified atom stereocenters. The number of halogens is 2. The zero-order valence-corrected chi connectivity index (χ0v) is 16.7. The first-order valence-corrected chi connectivity index (χ1v) is 9.60. The summed E-state index contributed by atoms with van der Waals surface area (Å²) < 4.78 is 19.5. The Kier molecular flexibility index (Phi) is 5.48. The van der Waals surface area contributed by atoms with Gasteiger partial charge in [-0.05, 0) is 57.4 Å². The SMILES string of the molecule is O=C(Cc1ccccc1)Nc1onc(-c2ccc(F)c(Br)c2)c1-c1ccncc1. The molecule has 0 fully saturated rings. The highest BCUT2D eigenvalue weighted by molar-refractivity contribution is 9.10. The van der Waals surface area contributed by atoms with Gasteiger partial charge in [0.2, 0.25) is 11.8 Å². The highest BCUT2D eigenvalue weighted by Crippen LogP contribution is 2.38. The van der Waals surface area contributed by atoms with Crippen LogP contribution >= 0.6 is 15.9 Å². The van der Waals surface area contributed by atoms with Crippen molar-refractivity contribution >= 4 is 27.7 Å². The van der Waals surface area contributed by atoms with Crippen LogP contribution in [-0.2, 0) is 11.2 Å². The normalized spacial score (nSPS) is 10.7. The molecule has 0 radical (unpaired) electrons. The summed E-state index contributed by atoms with van der Waals surface area (Å²) in [4.78, 5) is 16.6. The van der Waals surface area contributed by atoms with E-state index in [1.165, 1.54) is 6.07 Å². The molecule has 0 saturated heterocycles. The van der Waals surface area contributed by atoms with Crippen molar-refractivity contribution in [3.63, 3.8) is 0 Å². The Morgan fingerprint density at radius 1 is 1.03 bits per heavy atom. The Balaban J connectivity index is 1.71. The van der Waals surface area contributed by atoms with Gasteiger partial charge in [0.25, 0.3) is 0 Å². The van der Waals surface area contributed by atoms with Crippen LogP contribution in [0.3, 0.4) is 0 Å². The Morgan fingerprint density at radius 2 is 1.79 bits per heavy atom. The molecule has 0 spiro atoms. The standard InChI is InChI=1S/C22H15BrFN3O2/c23-17-13-16(6-7-18(17)24)21-20(15-8-10-25-11-9-15)22(29-27-21)26-19(28)12-14-4-2-1-3-5-14/h1-11,13H,12H2,(H,26,28). The summed E-state index contributed by atoms with van der Waals surface area (Å²) in [5.74, 6) is -0.374. The van der Waals surface area contributed by atoms with E-state index < -0.39 is 0 Å². The minimum absolute atomic E-state index is 0.203. The van der Waals surface area contributed by atoms with E-state index in [0.29, 0.717) is 21.3 Å². The lowest BCUT2D eigenvalue weighted by Gasteiger charge is -2.07. The third-order valence-electron chi connectivity index (χ3n) is 4.31. The molecule has 144 valence electrons. The maximum absolute atomic E-state index is 13.7. The second kappa shape index (κ2) is 8.36. The Morgan fingerprint density at radius 3 is 2.52 bits per heavy atom. The second-order valence-corrected chi connectivity index (χ2v) is 7.16. The van der Waals surface area contributed by atoms with Gasteiger partial charge >= 0.3 is 0 Å². The van der Waals surface area contributed by atoms with E-state index in [4.69, 9.17) is 4.52 Å². The van der Waals surface area contributed by atoms with Crippen molar-refractivity contribution in [3.05, 3.63) is 88.9 Å². The number of pyridine rings is 1. The van der Waals surface area contributed by atoms with E-state index in [-0.39, 0.29) is 24.0 Å². The van der Waals surface area contributed by atoms with Crippen LogP contribution in [-0.4, -0.2) is 16.0 Å². The average Bonchev–Trinajstić information content (AvgIpc) is 3.14. The van der Waals surface area contributed by atoms with E-state index in [2.05, 4.69) is 31.4 Å². The van der Waals surface area contributed by atoms with E-state index >= 15 is 0 Å². The molecule has 0 atom stereocenters. The summed E-state index contributed by atoms with van der Waals surface area (Å²) in [5.41, 5.74) is 3.40. The molecule has 2 aromatic carbocycles. The van der Waals surface area contributed by atoms with Gasteiger partial charge in [0, 0.05) is 18.0 Å². The molecule has 29 heavy (non-hydrogen) atoms. The van der Waals surface area contributed by atoms with E-state index in [0.717, 1.165) is 11.1 Å². The lowest BCUT2D eigenvalue weighted by atomic mass is 10.0. The molecule has 0 bridgehead atoms. The topological polar surface area (TPSA) is 68.0 Å². The maximum atomic E-state index is 13.7. The number of aromatic nitrogens is 2. The molecule has 4 rings (SSSR count). The van der Waals surface area contributed by atoms with Crippen LogP contribution < -0.4 is 5.32 Å². The second-order valence-electron chi connectivity index (χ2n) is 6.31. The van der Waals surface area contributed by atoms with Gasteiger partial charge in [-0.25, -0.2) is 4.39 Å². The van der Waals surface area contributed by atoms with Crippen molar-refractivity contribution in [2.24, 2.45) is 0 Å². The van der Waals surface area contributed by atoms with Gasteiger partial charge in [-0.3, -0.25) is 15.1 Å². The van der Waals surface area contributed by atoms with Crippen LogP contribution in [0.1, 0.15) is 5.56 Å². The van der Waals surface area contributed by atoms with Crippen molar-refractivity contribution in [1.29, 1.82) is 0 Å². The van der Waals surface area contributed by atoms with Crippen LogP contribution in [0.5, 0.6) is 0 Å². The molecule has 1 N–H and O–H groups in total. The highest BCUT2D eigenvalue weighted by Gasteiger charge is 2.21. The molecule has 4 aromatic rings. The quantitative estimate of drug-likeness (QED) is 0.435. The molecule has 2 aromatic heterocycles. The molecule has 0 saturated carbocycles. The summed E-state index contributed by atoms with van der Waals surface area (Å²) in [6.07, 6.45) is 3.49. The number of nitrogens with zero attached hydrogens (tertiary/aromatic N) is 2. The van der Waals surface area contributed by atoms with Gasteiger partial charge in [0.15, 0.2) is 0 Å². The molecule has 1 amide bonds. The van der Waals surface area contributed by atoms with Crippen molar-refractivity contribution in [2.75, 3.05) is 5.32 Å². The van der Waals surface area contributed by atoms with Crippen molar-refractivity contribution in [1.82, 2.24) is 10.1 Å². The fourth-order valence-electron chi connectivity index (χ4n) is 2.95. The largest absolute Gasteiger partial charge is 0.337 e. The molecule has 5 nitrogen and oxygen atoms in total. The van der Waals surface area contributed by atoms with Gasteiger partial charge in [0.1, 0.15) is 11.5 Å². The lowest BCUT2D eigenvalue weighted by Crippen LogP contribution is -2.14. The molecule has 0 aliphatic heterocycles. The molecular formula is C22H15BrFN3O2. The van der Waals surface area contributed by atoms with Gasteiger partial charge in [-0.1, -0.05) is 35.5 Å². The van der Waals surface area contributed by atoms with E-state index in [1.807, 2.05) is 30.3 Å². The zero-order chi connectivity index (χ0) is 20.2. The first-order chi connectivity index (χ1) is 14.1. The number of carbonyl (C=O) groups excluding carboxylic acids is 1. The minimum atomic E-state index is -0.376. The third-order valence-corrected chi connectivity index (χ3v) is 4.92. The van der Waals surface area contributed by atoms with Crippen LogP contribution in [0.15, 0.2) is 82.1 Å². The summed E-state index contributed by atoms with van der Waals surface area (Å²) in [7, 11) is 0. The summed E-state index contributed by atoms with van der Waals surface area (Å²) in [6.45, 7) is 0. The molecule has 0 aliphatic rings. The first-order valence-electron chi connectivity index (χ1n) is 8.81. The molecular weight excluding hydrogens is 437 g/mol. The third kappa shape index (κ3) is 4.25. The summed E-state index contributed by atoms with van der Waals surface area (Å²) in [5, 5.41) is 6.94. The fraction of sp³-hybridized carbons (Fsp3) is 0.0455. The maximum Gasteiger partial charge on any atom is 0.239 e. The minimum Gasteiger partial charge on any atom is -0.337 e. The van der Waals surface area contributed by atoms with Crippen molar-refractivity contribution in [3.8, 4) is 22.4 Å².